The van der Waals surface area contributed by atoms with E-state index < -0.39 is 0 Å². The molecule has 0 saturated heterocycles. The standard InChI is InChI=1S/C17H24N4O2S/c1-12-9-14(20-21(12)2)11-19-17(24)18-8-7-13-5-6-15(22-3)16(10-13)23-4/h5-6,9-10H,7-8,11H2,1-4H3,(H2,18,19,24). The zero-order chi connectivity index (χ0) is 17.5. The van der Waals surface area contributed by atoms with Crippen molar-refractivity contribution in [3.63, 3.8) is 0 Å². The second-order valence-corrected chi connectivity index (χ2v) is 5.86. The molecule has 1 aromatic heterocycles. The molecule has 0 spiro atoms. The second kappa shape index (κ2) is 8.54. The molecule has 24 heavy (non-hydrogen) atoms. The summed E-state index contributed by atoms with van der Waals surface area (Å²) in [5.41, 5.74) is 3.25. The van der Waals surface area contributed by atoms with Gasteiger partial charge in [-0.15, -0.1) is 0 Å². The molecular weight excluding hydrogens is 324 g/mol. The molecule has 0 aliphatic carbocycles. The number of rotatable bonds is 7. The van der Waals surface area contributed by atoms with Crippen molar-refractivity contribution in [3.05, 3.63) is 41.2 Å². The SMILES string of the molecule is COc1ccc(CCNC(=S)NCc2cc(C)n(C)n2)cc1OC. The van der Waals surface area contributed by atoms with Crippen molar-refractivity contribution < 1.29 is 9.47 Å². The molecule has 2 aromatic rings. The van der Waals surface area contributed by atoms with Crippen molar-refractivity contribution in [2.45, 2.75) is 19.9 Å². The van der Waals surface area contributed by atoms with E-state index in [0.717, 1.165) is 41.4 Å². The maximum Gasteiger partial charge on any atom is 0.166 e. The van der Waals surface area contributed by atoms with Crippen LogP contribution in [0.4, 0.5) is 0 Å². The Labute approximate surface area is 148 Å². The van der Waals surface area contributed by atoms with Crippen LogP contribution in [0.15, 0.2) is 24.3 Å². The van der Waals surface area contributed by atoms with Crippen molar-refractivity contribution in [1.82, 2.24) is 20.4 Å². The van der Waals surface area contributed by atoms with Gasteiger partial charge in [-0.3, -0.25) is 4.68 Å². The average molecular weight is 348 g/mol. The minimum atomic E-state index is 0.615. The van der Waals surface area contributed by atoms with Crippen molar-refractivity contribution in [1.29, 1.82) is 0 Å². The van der Waals surface area contributed by atoms with Gasteiger partial charge in [-0.2, -0.15) is 5.10 Å². The van der Waals surface area contributed by atoms with Crippen molar-refractivity contribution in [2.75, 3.05) is 20.8 Å². The second-order valence-electron chi connectivity index (χ2n) is 5.45. The van der Waals surface area contributed by atoms with Crippen LogP contribution in [0.2, 0.25) is 0 Å². The van der Waals surface area contributed by atoms with Crippen LogP contribution in [-0.2, 0) is 20.0 Å². The molecule has 0 saturated carbocycles. The number of hydrogen-bond acceptors (Lipinski definition) is 4. The van der Waals surface area contributed by atoms with E-state index in [2.05, 4.69) is 15.7 Å². The van der Waals surface area contributed by atoms with E-state index in [1.54, 1.807) is 14.2 Å². The molecule has 0 fully saturated rings. The molecular formula is C17H24N4O2S. The molecule has 2 N–H and O–H groups in total. The van der Waals surface area contributed by atoms with Crippen LogP contribution in [0.5, 0.6) is 11.5 Å². The molecule has 2 rings (SSSR count). The Hall–Kier alpha value is -2.28. The Morgan fingerprint density at radius 3 is 2.54 bits per heavy atom. The number of ether oxygens (including phenoxy) is 2. The molecule has 0 atom stereocenters. The summed E-state index contributed by atoms with van der Waals surface area (Å²) in [4.78, 5) is 0. The molecule has 7 heteroatoms. The van der Waals surface area contributed by atoms with Gasteiger partial charge in [-0.05, 0) is 49.3 Å². The summed E-state index contributed by atoms with van der Waals surface area (Å²) in [6, 6.07) is 7.96. The van der Waals surface area contributed by atoms with Crippen LogP contribution in [0.3, 0.4) is 0 Å². The molecule has 0 amide bonds. The van der Waals surface area contributed by atoms with Gasteiger partial charge < -0.3 is 20.1 Å². The van der Waals surface area contributed by atoms with E-state index in [9.17, 15) is 0 Å². The van der Waals surface area contributed by atoms with Crippen molar-refractivity contribution in [3.8, 4) is 11.5 Å². The van der Waals surface area contributed by atoms with Crippen LogP contribution in [0.1, 0.15) is 17.0 Å². The number of methoxy groups -OCH3 is 2. The fraction of sp³-hybridized carbons (Fsp3) is 0.412. The largest absolute Gasteiger partial charge is 0.493 e. The summed E-state index contributed by atoms with van der Waals surface area (Å²) < 4.78 is 12.4. The van der Waals surface area contributed by atoms with Crippen molar-refractivity contribution in [2.24, 2.45) is 7.05 Å². The summed E-state index contributed by atoms with van der Waals surface area (Å²) in [5.74, 6) is 1.47. The molecule has 1 aromatic carbocycles. The molecule has 130 valence electrons. The van der Waals surface area contributed by atoms with Gasteiger partial charge in [0.2, 0.25) is 0 Å². The lowest BCUT2D eigenvalue weighted by atomic mass is 10.1. The van der Waals surface area contributed by atoms with Gasteiger partial charge in [0.15, 0.2) is 16.6 Å². The number of aromatic nitrogens is 2. The topological polar surface area (TPSA) is 60.3 Å². The zero-order valence-electron chi connectivity index (χ0n) is 14.5. The molecule has 1 heterocycles. The van der Waals surface area contributed by atoms with Gasteiger partial charge in [-0.1, -0.05) is 6.07 Å². The van der Waals surface area contributed by atoms with Crippen molar-refractivity contribution >= 4 is 17.3 Å². The molecule has 0 unspecified atom stereocenters. The number of benzene rings is 1. The number of nitrogens with one attached hydrogen (secondary N) is 2. The molecule has 6 nitrogen and oxygen atoms in total. The molecule has 0 bridgehead atoms. The molecule has 0 radical (unpaired) electrons. The van der Waals surface area contributed by atoms with Crippen LogP contribution in [0.25, 0.3) is 0 Å². The highest BCUT2D eigenvalue weighted by Gasteiger charge is 2.05. The maximum atomic E-state index is 5.31. The van der Waals surface area contributed by atoms with Gasteiger partial charge in [-0.25, -0.2) is 0 Å². The van der Waals surface area contributed by atoms with E-state index in [-0.39, 0.29) is 0 Å². The highest BCUT2D eigenvalue weighted by Crippen LogP contribution is 2.27. The lowest BCUT2D eigenvalue weighted by molar-refractivity contribution is 0.354. The monoisotopic (exact) mass is 348 g/mol. The van der Waals surface area contributed by atoms with E-state index in [4.69, 9.17) is 21.7 Å². The minimum absolute atomic E-state index is 0.615. The molecule has 0 aliphatic rings. The van der Waals surface area contributed by atoms with Crippen LogP contribution >= 0.6 is 12.2 Å². The van der Waals surface area contributed by atoms with E-state index >= 15 is 0 Å². The lowest BCUT2D eigenvalue weighted by Crippen LogP contribution is -2.36. The quantitative estimate of drug-likeness (QED) is 0.746. The fourth-order valence-electron chi connectivity index (χ4n) is 2.31. The van der Waals surface area contributed by atoms with E-state index in [1.165, 1.54) is 0 Å². The highest BCUT2D eigenvalue weighted by atomic mass is 32.1. The Balaban J connectivity index is 1.76. The first-order valence-electron chi connectivity index (χ1n) is 7.75. The lowest BCUT2D eigenvalue weighted by Gasteiger charge is -2.11. The van der Waals surface area contributed by atoms with Gasteiger partial charge in [0.05, 0.1) is 26.5 Å². The highest BCUT2D eigenvalue weighted by molar-refractivity contribution is 7.80. The summed E-state index contributed by atoms with van der Waals surface area (Å²) in [5, 5.41) is 11.4. The first-order valence-corrected chi connectivity index (χ1v) is 8.16. The Bertz CT molecular complexity index is 680. The predicted molar refractivity (Wildman–Crippen MR) is 98.6 cm³/mol. The maximum absolute atomic E-state index is 5.31. The first-order chi connectivity index (χ1) is 11.5. The Kier molecular flexibility index (Phi) is 6.43. The van der Waals surface area contributed by atoms with Gasteiger partial charge in [0, 0.05) is 19.3 Å². The third kappa shape index (κ3) is 4.86. The normalized spacial score (nSPS) is 10.3. The Morgan fingerprint density at radius 1 is 1.17 bits per heavy atom. The number of nitrogens with zero attached hydrogens (tertiary/aromatic N) is 2. The van der Waals surface area contributed by atoms with E-state index in [0.29, 0.717) is 11.7 Å². The van der Waals surface area contributed by atoms with Gasteiger partial charge in [0.25, 0.3) is 0 Å². The summed E-state index contributed by atoms with van der Waals surface area (Å²) in [7, 11) is 5.20. The van der Waals surface area contributed by atoms with Gasteiger partial charge in [0.1, 0.15) is 0 Å². The number of thiocarbonyl (C=S) groups is 1. The van der Waals surface area contributed by atoms with Crippen LogP contribution in [0, 0.1) is 6.92 Å². The summed E-state index contributed by atoms with van der Waals surface area (Å²) >= 11 is 5.29. The third-order valence-electron chi connectivity index (χ3n) is 3.74. The third-order valence-corrected chi connectivity index (χ3v) is 4.03. The molecule has 0 aliphatic heterocycles. The average Bonchev–Trinajstić information content (AvgIpc) is 2.91. The van der Waals surface area contributed by atoms with E-state index in [1.807, 2.05) is 42.9 Å². The minimum Gasteiger partial charge on any atom is -0.493 e. The first kappa shape index (κ1) is 18.1. The van der Waals surface area contributed by atoms with Gasteiger partial charge >= 0.3 is 0 Å². The fourth-order valence-corrected chi connectivity index (χ4v) is 2.49. The Morgan fingerprint density at radius 2 is 1.92 bits per heavy atom. The van der Waals surface area contributed by atoms with Crippen LogP contribution < -0.4 is 20.1 Å². The zero-order valence-corrected chi connectivity index (χ0v) is 15.4. The number of hydrogen-bond donors (Lipinski definition) is 2. The van der Waals surface area contributed by atoms with Crippen LogP contribution in [-0.4, -0.2) is 35.7 Å². The smallest absolute Gasteiger partial charge is 0.166 e. The predicted octanol–water partition coefficient (Wildman–Crippen LogP) is 1.95. The summed E-state index contributed by atoms with van der Waals surface area (Å²) in [6.07, 6.45) is 0.838. The summed E-state index contributed by atoms with van der Waals surface area (Å²) in [6.45, 7) is 3.38. The number of aryl methyl sites for hydroxylation is 2.